The Balaban J connectivity index is 1.95. The molecule has 20 heavy (non-hydrogen) atoms. The second-order valence-corrected chi connectivity index (χ2v) is 7.79. The van der Waals surface area contributed by atoms with Crippen LogP contribution in [0.1, 0.15) is 30.4 Å². The average molecular weight is 296 g/mol. The summed E-state index contributed by atoms with van der Waals surface area (Å²) in [5, 5.41) is 3.30. The minimum Gasteiger partial charge on any atom is -0.313 e. The molecule has 0 saturated carbocycles. The van der Waals surface area contributed by atoms with Gasteiger partial charge in [0.25, 0.3) is 0 Å². The molecule has 0 radical (unpaired) electrons. The van der Waals surface area contributed by atoms with E-state index in [0.29, 0.717) is 6.54 Å². The summed E-state index contributed by atoms with van der Waals surface area (Å²) in [4.78, 5) is 0. The highest BCUT2D eigenvalue weighted by atomic mass is 32.2. The maximum Gasteiger partial charge on any atom is 0.215 e. The summed E-state index contributed by atoms with van der Waals surface area (Å²) in [5.41, 5.74) is 2.21. The van der Waals surface area contributed by atoms with Gasteiger partial charge in [0.15, 0.2) is 0 Å². The van der Waals surface area contributed by atoms with Crippen LogP contribution in [0, 0.1) is 6.92 Å². The highest BCUT2D eigenvalue weighted by Gasteiger charge is 2.24. The van der Waals surface area contributed by atoms with E-state index in [0.717, 1.165) is 31.4 Å². The lowest BCUT2D eigenvalue weighted by Gasteiger charge is -2.26. The van der Waals surface area contributed by atoms with Crippen LogP contribution >= 0.6 is 0 Å². The van der Waals surface area contributed by atoms with E-state index in [-0.39, 0.29) is 11.8 Å². The molecule has 1 atom stereocenters. The van der Waals surface area contributed by atoms with Crippen molar-refractivity contribution in [1.29, 1.82) is 0 Å². The molecule has 1 aromatic carbocycles. The van der Waals surface area contributed by atoms with Gasteiger partial charge in [-0.1, -0.05) is 36.2 Å². The summed E-state index contributed by atoms with van der Waals surface area (Å²) in [6.45, 7) is 3.40. The number of rotatable bonds is 5. The SMILES string of the molecule is Cc1ccc(CN(C)S(=O)(=O)CC2CCCCN2)cc1. The van der Waals surface area contributed by atoms with Crippen molar-refractivity contribution in [3.05, 3.63) is 35.4 Å². The Bertz CT molecular complexity index is 519. The zero-order chi connectivity index (χ0) is 14.6. The van der Waals surface area contributed by atoms with Gasteiger partial charge in [0.05, 0.1) is 5.75 Å². The third-order valence-corrected chi connectivity index (χ3v) is 5.73. The zero-order valence-corrected chi connectivity index (χ0v) is 13.1. The standard InChI is InChI=1S/C15H24N2O2S/c1-13-6-8-14(9-7-13)11-17(2)20(18,19)12-15-5-3-4-10-16-15/h6-9,15-16H,3-5,10-12H2,1-2H3. The summed E-state index contributed by atoms with van der Waals surface area (Å²) in [7, 11) is -1.53. The Kier molecular flexibility index (Phi) is 5.18. The zero-order valence-electron chi connectivity index (χ0n) is 12.3. The summed E-state index contributed by atoms with van der Waals surface area (Å²) in [6.07, 6.45) is 3.22. The topological polar surface area (TPSA) is 49.4 Å². The summed E-state index contributed by atoms with van der Waals surface area (Å²) >= 11 is 0. The van der Waals surface area contributed by atoms with Gasteiger partial charge in [-0.2, -0.15) is 0 Å². The van der Waals surface area contributed by atoms with E-state index in [4.69, 9.17) is 0 Å². The van der Waals surface area contributed by atoms with Crippen molar-refractivity contribution in [3.63, 3.8) is 0 Å². The van der Waals surface area contributed by atoms with Crippen LogP contribution in [0.4, 0.5) is 0 Å². The predicted molar refractivity (Wildman–Crippen MR) is 82.1 cm³/mol. The first kappa shape index (κ1) is 15.5. The molecule has 2 rings (SSSR count). The van der Waals surface area contributed by atoms with Crippen LogP contribution in [0.25, 0.3) is 0 Å². The van der Waals surface area contributed by atoms with Crippen molar-refractivity contribution in [2.24, 2.45) is 0 Å². The minimum absolute atomic E-state index is 0.106. The first-order valence-electron chi connectivity index (χ1n) is 7.20. The maximum atomic E-state index is 12.4. The first-order valence-corrected chi connectivity index (χ1v) is 8.81. The summed E-state index contributed by atoms with van der Waals surface area (Å²) in [6, 6.07) is 8.10. The minimum atomic E-state index is -3.20. The van der Waals surface area contributed by atoms with E-state index >= 15 is 0 Å². The molecule has 0 aromatic heterocycles. The van der Waals surface area contributed by atoms with Crippen LogP contribution < -0.4 is 5.32 Å². The monoisotopic (exact) mass is 296 g/mol. The lowest BCUT2D eigenvalue weighted by Crippen LogP contribution is -2.43. The molecular weight excluding hydrogens is 272 g/mol. The Morgan fingerprint density at radius 2 is 1.95 bits per heavy atom. The number of piperidine rings is 1. The van der Waals surface area contributed by atoms with Crippen molar-refractivity contribution < 1.29 is 8.42 Å². The Morgan fingerprint density at radius 3 is 2.55 bits per heavy atom. The molecule has 1 unspecified atom stereocenters. The van der Waals surface area contributed by atoms with Gasteiger partial charge in [-0.3, -0.25) is 0 Å². The molecule has 5 heteroatoms. The lowest BCUT2D eigenvalue weighted by atomic mass is 10.1. The second-order valence-electron chi connectivity index (χ2n) is 5.67. The molecule has 1 N–H and O–H groups in total. The van der Waals surface area contributed by atoms with Crippen LogP contribution in [0.15, 0.2) is 24.3 Å². The summed E-state index contributed by atoms with van der Waals surface area (Å²) < 4.78 is 26.2. The Morgan fingerprint density at radius 1 is 1.25 bits per heavy atom. The molecule has 0 aliphatic carbocycles. The van der Waals surface area contributed by atoms with E-state index in [2.05, 4.69) is 5.32 Å². The van der Waals surface area contributed by atoms with Crippen molar-refractivity contribution >= 4 is 10.0 Å². The number of aryl methyl sites for hydroxylation is 1. The predicted octanol–water partition coefficient (Wildman–Crippen LogP) is 1.90. The molecule has 112 valence electrons. The van der Waals surface area contributed by atoms with E-state index < -0.39 is 10.0 Å². The van der Waals surface area contributed by atoms with Crippen LogP contribution in [0.5, 0.6) is 0 Å². The van der Waals surface area contributed by atoms with Gasteiger partial charge in [-0.25, -0.2) is 12.7 Å². The Labute approximate surface area is 122 Å². The first-order chi connectivity index (χ1) is 9.47. The van der Waals surface area contributed by atoms with Crippen LogP contribution in [0.3, 0.4) is 0 Å². The third-order valence-electron chi connectivity index (χ3n) is 3.82. The fourth-order valence-corrected chi connectivity index (χ4v) is 3.89. The lowest BCUT2D eigenvalue weighted by molar-refractivity contribution is 0.408. The number of benzene rings is 1. The van der Waals surface area contributed by atoms with E-state index in [1.807, 2.05) is 31.2 Å². The molecule has 0 amide bonds. The fourth-order valence-electron chi connectivity index (χ4n) is 2.50. The molecule has 0 spiro atoms. The van der Waals surface area contributed by atoms with Gasteiger partial charge in [0.2, 0.25) is 10.0 Å². The van der Waals surface area contributed by atoms with E-state index in [1.165, 1.54) is 9.87 Å². The smallest absolute Gasteiger partial charge is 0.215 e. The number of nitrogens with one attached hydrogen (secondary N) is 1. The van der Waals surface area contributed by atoms with Gasteiger partial charge in [-0.05, 0) is 31.9 Å². The van der Waals surface area contributed by atoms with Crippen LogP contribution in [-0.2, 0) is 16.6 Å². The summed E-state index contributed by atoms with van der Waals surface area (Å²) in [5.74, 6) is 0.204. The van der Waals surface area contributed by atoms with Crippen molar-refractivity contribution in [2.75, 3.05) is 19.3 Å². The molecule has 4 nitrogen and oxygen atoms in total. The van der Waals surface area contributed by atoms with Crippen molar-refractivity contribution in [2.45, 2.75) is 38.8 Å². The quantitative estimate of drug-likeness (QED) is 0.903. The van der Waals surface area contributed by atoms with Crippen LogP contribution in [-0.4, -0.2) is 38.1 Å². The van der Waals surface area contributed by atoms with Crippen molar-refractivity contribution in [1.82, 2.24) is 9.62 Å². The molecule has 1 aliphatic rings. The molecule has 1 aromatic rings. The van der Waals surface area contributed by atoms with Gasteiger partial charge < -0.3 is 5.32 Å². The molecule has 1 saturated heterocycles. The molecule has 0 bridgehead atoms. The van der Waals surface area contributed by atoms with Gasteiger partial charge in [-0.15, -0.1) is 0 Å². The van der Waals surface area contributed by atoms with E-state index in [9.17, 15) is 8.42 Å². The molecule has 1 aliphatic heterocycles. The molecule has 1 heterocycles. The van der Waals surface area contributed by atoms with Gasteiger partial charge >= 0.3 is 0 Å². The number of hydrogen-bond donors (Lipinski definition) is 1. The highest BCUT2D eigenvalue weighted by Crippen LogP contribution is 2.13. The molecule has 1 fully saturated rings. The molecular formula is C15H24N2O2S. The Hall–Kier alpha value is -0.910. The second kappa shape index (κ2) is 6.70. The largest absolute Gasteiger partial charge is 0.313 e. The van der Waals surface area contributed by atoms with Crippen molar-refractivity contribution in [3.8, 4) is 0 Å². The average Bonchev–Trinajstić information content (AvgIpc) is 2.42. The van der Waals surface area contributed by atoms with E-state index in [1.54, 1.807) is 7.05 Å². The fraction of sp³-hybridized carbons (Fsp3) is 0.600. The maximum absolute atomic E-state index is 12.4. The van der Waals surface area contributed by atoms with Gasteiger partial charge in [0, 0.05) is 19.6 Å². The highest BCUT2D eigenvalue weighted by molar-refractivity contribution is 7.89. The third kappa shape index (κ3) is 4.30. The number of hydrogen-bond acceptors (Lipinski definition) is 3. The van der Waals surface area contributed by atoms with Crippen LogP contribution in [0.2, 0.25) is 0 Å². The normalized spacial score (nSPS) is 20.2. The number of nitrogens with zero attached hydrogens (tertiary/aromatic N) is 1. The van der Waals surface area contributed by atoms with Gasteiger partial charge in [0.1, 0.15) is 0 Å². The number of sulfonamides is 1.